The molecule has 0 heterocycles. The molecule has 0 radical (unpaired) electrons. The standard InChI is InChI=1S/C31H41N5O2.2H2/c1-19(2)16-27(22-8-10-24(11-9-22)29(37)34-30(35-32)36-33)38-26-17-20(3)28(21(4)18-26)23-12-14-25(15-13-23)31(5,6)7;;/h8-15,17-19,27H,16,32-33H2,1-7H3,(H2,34,35,36,37);2*1H. The number of amides is 1. The summed E-state index contributed by atoms with van der Waals surface area (Å²) in [5.74, 6) is 11.4. The van der Waals surface area contributed by atoms with Gasteiger partial charge in [0.25, 0.3) is 5.91 Å². The Labute approximate surface area is 229 Å². The van der Waals surface area contributed by atoms with Crippen molar-refractivity contribution in [3.05, 3.63) is 88.5 Å². The predicted molar refractivity (Wildman–Crippen MR) is 160 cm³/mol. The molecule has 3 rings (SSSR count). The number of hydrogen-bond donors (Lipinski definition) is 4. The number of hydrogen-bond acceptors (Lipinski definition) is 5. The molecule has 1 atom stereocenters. The van der Waals surface area contributed by atoms with Gasteiger partial charge >= 0.3 is 0 Å². The molecule has 206 valence electrons. The van der Waals surface area contributed by atoms with Crippen LogP contribution in [0.25, 0.3) is 11.1 Å². The summed E-state index contributed by atoms with van der Waals surface area (Å²) in [6.07, 6.45) is 0.676. The summed E-state index contributed by atoms with van der Waals surface area (Å²) in [6, 6.07) is 20.4. The minimum Gasteiger partial charge on any atom is -0.486 e. The highest BCUT2D eigenvalue weighted by molar-refractivity contribution is 6.05. The number of carbonyl (C=O) groups is 1. The quantitative estimate of drug-likeness (QED) is 0.126. The molecule has 0 aliphatic heterocycles. The number of nitrogens with zero attached hydrogens (tertiary/aromatic N) is 1. The van der Waals surface area contributed by atoms with Crippen LogP contribution in [0.3, 0.4) is 0 Å². The maximum absolute atomic E-state index is 12.4. The van der Waals surface area contributed by atoms with Crippen LogP contribution in [-0.4, -0.2) is 11.9 Å². The van der Waals surface area contributed by atoms with Crippen LogP contribution >= 0.6 is 0 Å². The second kappa shape index (κ2) is 12.1. The summed E-state index contributed by atoms with van der Waals surface area (Å²) in [5.41, 5.74) is 9.92. The zero-order chi connectivity index (χ0) is 28.0. The van der Waals surface area contributed by atoms with E-state index in [2.05, 4.69) is 101 Å². The normalized spacial score (nSPS) is 12.8. The van der Waals surface area contributed by atoms with Crippen molar-refractivity contribution in [3.8, 4) is 16.9 Å². The van der Waals surface area contributed by atoms with Gasteiger partial charge in [-0.1, -0.05) is 71.0 Å². The van der Waals surface area contributed by atoms with E-state index in [1.807, 2.05) is 12.1 Å². The van der Waals surface area contributed by atoms with Crippen molar-refractivity contribution in [2.24, 2.45) is 22.7 Å². The summed E-state index contributed by atoms with van der Waals surface area (Å²) < 4.78 is 6.56. The molecule has 0 saturated carbocycles. The monoisotopic (exact) mass is 519 g/mol. The maximum atomic E-state index is 12.4. The molecular weight excluding hydrogens is 474 g/mol. The Morgan fingerprint density at radius 1 is 1.00 bits per heavy atom. The Hall–Kier alpha value is -3.84. The van der Waals surface area contributed by atoms with Crippen molar-refractivity contribution in [1.82, 2.24) is 10.7 Å². The second-order valence-corrected chi connectivity index (χ2v) is 11.2. The first kappa shape index (κ1) is 28.7. The number of rotatable bonds is 7. The van der Waals surface area contributed by atoms with Gasteiger partial charge in [-0.25, -0.2) is 5.84 Å². The smallest absolute Gasteiger partial charge is 0.258 e. The molecule has 0 aliphatic carbocycles. The molecule has 7 heteroatoms. The number of ether oxygens (including phenoxy) is 1. The highest BCUT2D eigenvalue weighted by Crippen LogP contribution is 2.35. The molecule has 6 N–H and O–H groups in total. The SMILES string of the molecule is Cc1cc(OC(CC(C)C)c2ccc(C(=O)N/C(=N/N)NN)cc2)cc(C)c1-c1ccc(C(C)(C)C)cc1.[HH].[HH]. The number of aryl methyl sites for hydroxylation is 2. The Balaban J connectivity index is 0.00000400. The average molecular weight is 520 g/mol. The van der Waals surface area contributed by atoms with E-state index in [0.29, 0.717) is 11.5 Å². The molecule has 1 amide bonds. The fourth-order valence-corrected chi connectivity index (χ4v) is 4.56. The van der Waals surface area contributed by atoms with E-state index in [1.54, 1.807) is 12.1 Å². The topological polar surface area (TPSA) is 115 Å². The number of nitrogens with two attached hydrogens (primary N) is 2. The van der Waals surface area contributed by atoms with Crippen LogP contribution in [0.15, 0.2) is 65.8 Å². The van der Waals surface area contributed by atoms with Crippen molar-refractivity contribution in [3.63, 3.8) is 0 Å². The summed E-state index contributed by atoms with van der Waals surface area (Å²) in [6.45, 7) is 15.3. The van der Waals surface area contributed by atoms with Gasteiger partial charge in [0.05, 0.1) is 0 Å². The van der Waals surface area contributed by atoms with E-state index in [9.17, 15) is 4.79 Å². The third kappa shape index (κ3) is 7.13. The van der Waals surface area contributed by atoms with E-state index >= 15 is 0 Å². The Kier molecular flexibility index (Phi) is 9.17. The highest BCUT2D eigenvalue weighted by atomic mass is 16.5. The molecule has 0 fully saturated rings. The van der Waals surface area contributed by atoms with Crippen LogP contribution in [0.5, 0.6) is 5.75 Å². The molecule has 1 unspecified atom stereocenters. The molecule has 3 aromatic rings. The lowest BCUT2D eigenvalue weighted by Crippen LogP contribution is -2.45. The van der Waals surface area contributed by atoms with Gasteiger partial charge in [-0.05, 0) is 89.2 Å². The number of hydrazine groups is 1. The minimum absolute atomic E-state index is 0. The molecule has 7 nitrogen and oxygen atoms in total. The first-order valence-corrected chi connectivity index (χ1v) is 13.0. The Morgan fingerprint density at radius 3 is 2.05 bits per heavy atom. The minimum atomic E-state index is -0.364. The molecule has 3 aromatic carbocycles. The van der Waals surface area contributed by atoms with Crippen LogP contribution in [0.2, 0.25) is 0 Å². The lowest BCUT2D eigenvalue weighted by atomic mass is 9.85. The molecule has 0 bridgehead atoms. The van der Waals surface area contributed by atoms with Gasteiger partial charge in [0, 0.05) is 8.42 Å². The van der Waals surface area contributed by atoms with Gasteiger partial charge in [-0.2, -0.15) is 0 Å². The number of nitrogens with one attached hydrogen (secondary N) is 2. The van der Waals surface area contributed by atoms with Gasteiger partial charge in [0.2, 0.25) is 5.96 Å². The zero-order valence-corrected chi connectivity index (χ0v) is 23.6. The second-order valence-electron chi connectivity index (χ2n) is 11.2. The van der Waals surface area contributed by atoms with Crippen molar-refractivity contribution in [2.75, 3.05) is 0 Å². The largest absolute Gasteiger partial charge is 0.486 e. The number of hydrazone groups is 1. The summed E-state index contributed by atoms with van der Waals surface area (Å²) in [5, 5.41) is 5.89. The molecule has 0 saturated heterocycles. The van der Waals surface area contributed by atoms with E-state index in [1.165, 1.54) is 27.8 Å². The lowest BCUT2D eigenvalue weighted by molar-refractivity contribution is 0.0975. The third-order valence-corrected chi connectivity index (χ3v) is 6.55. The van der Waals surface area contributed by atoms with Crippen LogP contribution in [-0.2, 0) is 5.41 Å². The predicted octanol–water partition coefficient (Wildman–Crippen LogP) is 6.35. The summed E-state index contributed by atoms with van der Waals surface area (Å²) in [4.78, 5) is 12.4. The third-order valence-electron chi connectivity index (χ3n) is 6.55. The Morgan fingerprint density at radius 2 is 1.58 bits per heavy atom. The van der Waals surface area contributed by atoms with Gasteiger partial charge < -0.3 is 10.6 Å². The van der Waals surface area contributed by atoms with E-state index in [-0.39, 0.29) is 26.2 Å². The van der Waals surface area contributed by atoms with Crippen molar-refractivity contribution < 1.29 is 12.4 Å². The number of guanidine groups is 1. The molecule has 38 heavy (non-hydrogen) atoms. The maximum Gasteiger partial charge on any atom is 0.258 e. The van der Waals surface area contributed by atoms with Gasteiger partial charge in [-0.3, -0.25) is 15.5 Å². The van der Waals surface area contributed by atoms with Gasteiger partial charge in [0.15, 0.2) is 0 Å². The van der Waals surface area contributed by atoms with Crippen molar-refractivity contribution >= 4 is 11.9 Å². The number of carbonyl (C=O) groups excluding carboxylic acids is 1. The van der Waals surface area contributed by atoms with Crippen LogP contribution < -0.4 is 27.2 Å². The van der Waals surface area contributed by atoms with Crippen LogP contribution in [0.1, 0.15) is 82.6 Å². The average Bonchev–Trinajstić information content (AvgIpc) is 2.86. The Bertz CT molecular complexity index is 1260. The van der Waals surface area contributed by atoms with Crippen LogP contribution in [0, 0.1) is 19.8 Å². The summed E-state index contributed by atoms with van der Waals surface area (Å²) in [7, 11) is 0. The first-order valence-electron chi connectivity index (χ1n) is 13.0. The highest BCUT2D eigenvalue weighted by Gasteiger charge is 2.19. The zero-order valence-electron chi connectivity index (χ0n) is 23.6. The molecule has 0 aromatic heterocycles. The van der Waals surface area contributed by atoms with E-state index < -0.39 is 0 Å². The fourth-order valence-electron chi connectivity index (χ4n) is 4.56. The van der Waals surface area contributed by atoms with E-state index in [0.717, 1.165) is 17.7 Å². The van der Waals surface area contributed by atoms with Crippen LogP contribution in [0.4, 0.5) is 0 Å². The van der Waals surface area contributed by atoms with E-state index in [4.69, 9.17) is 16.4 Å². The lowest BCUT2D eigenvalue weighted by Gasteiger charge is -2.23. The van der Waals surface area contributed by atoms with Crippen molar-refractivity contribution in [1.29, 1.82) is 0 Å². The number of benzene rings is 3. The fraction of sp³-hybridized carbons (Fsp3) is 0.355. The van der Waals surface area contributed by atoms with Gasteiger partial charge in [0.1, 0.15) is 11.9 Å². The molecular formula is C31H45N5O2. The first-order chi connectivity index (χ1) is 17.9. The molecule has 0 spiro atoms. The van der Waals surface area contributed by atoms with Crippen molar-refractivity contribution in [2.45, 2.75) is 66.4 Å². The summed E-state index contributed by atoms with van der Waals surface area (Å²) >= 11 is 0. The molecule has 0 aliphatic rings. The van der Waals surface area contributed by atoms with Gasteiger partial charge in [-0.15, -0.1) is 5.10 Å².